The molecule has 1 aliphatic heterocycles. The Balaban J connectivity index is 1.75. The van der Waals surface area contributed by atoms with Crippen molar-refractivity contribution in [1.82, 2.24) is 5.32 Å². The Hall–Kier alpha value is -3.48. The molecule has 0 saturated carbocycles. The number of methoxy groups -OCH3 is 3. The summed E-state index contributed by atoms with van der Waals surface area (Å²) in [6.45, 7) is 0.634. The predicted octanol–water partition coefficient (Wildman–Crippen LogP) is 2.65. The molecule has 0 unspecified atom stereocenters. The molecular weight excluding hydrogens is 360 g/mol. The molecule has 2 N–H and O–H groups in total. The molecule has 0 bridgehead atoms. The lowest BCUT2D eigenvalue weighted by atomic mass is 10.00. The van der Waals surface area contributed by atoms with Crippen molar-refractivity contribution in [2.75, 3.05) is 33.2 Å². The van der Waals surface area contributed by atoms with Crippen LogP contribution in [0.5, 0.6) is 17.2 Å². The number of rotatable bonds is 6. The number of hydrogen-bond acceptors (Lipinski definition) is 5. The van der Waals surface area contributed by atoms with Crippen LogP contribution in [0.15, 0.2) is 36.4 Å². The van der Waals surface area contributed by atoms with Crippen LogP contribution in [-0.2, 0) is 11.2 Å². The summed E-state index contributed by atoms with van der Waals surface area (Å²) < 4.78 is 15.9. The van der Waals surface area contributed by atoms with Crippen LogP contribution < -0.4 is 24.8 Å². The first-order chi connectivity index (χ1) is 13.5. The van der Waals surface area contributed by atoms with Gasteiger partial charge in [0.1, 0.15) is 0 Å². The van der Waals surface area contributed by atoms with E-state index in [1.54, 1.807) is 30.3 Å². The highest BCUT2D eigenvalue weighted by molar-refractivity contribution is 6.03. The number of hydrogen-bond donors (Lipinski definition) is 2. The van der Waals surface area contributed by atoms with Gasteiger partial charge in [0.15, 0.2) is 11.5 Å². The summed E-state index contributed by atoms with van der Waals surface area (Å²) in [5.41, 5.74) is 2.86. The van der Waals surface area contributed by atoms with Gasteiger partial charge >= 0.3 is 0 Å². The minimum absolute atomic E-state index is 0.120. The van der Waals surface area contributed by atoms with Gasteiger partial charge in [-0.1, -0.05) is 6.07 Å². The van der Waals surface area contributed by atoms with Crippen molar-refractivity contribution < 1.29 is 23.8 Å². The normalized spacial score (nSPS) is 12.9. The maximum Gasteiger partial charge on any atom is 0.251 e. The lowest BCUT2D eigenvalue weighted by Crippen LogP contribution is -2.31. The van der Waals surface area contributed by atoms with Crippen molar-refractivity contribution >= 4 is 23.6 Å². The monoisotopic (exact) mass is 382 g/mol. The summed E-state index contributed by atoms with van der Waals surface area (Å²) in [6, 6.07) is 8.84. The molecular formula is C21H22N2O5. The molecule has 1 aliphatic rings. The van der Waals surface area contributed by atoms with Crippen LogP contribution >= 0.6 is 0 Å². The first-order valence-corrected chi connectivity index (χ1v) is 8.76. The maximum absolute atomic E-state index is 12.3. The molecule has 0 radical (unpaired) electrons. The molecule has 7 heteroatoms. The molecule has 0 aromatic heterocycles. The van der Waals surface area contributed by atoms with Gasteiger partial charge in [-0.25, -0.2) is 0 Å². The van der Waals surface area contributed by atoms with E-state index in [-0.39, 0.29) is 11.8 Å². The van der Waals surface area contributed by atoms with Crippen LogP contribution in [0.2, 0.25) is 0 Å². The number of ether oxygens (including phenoxy) is 3. The van der Waals surface area contributed by atoms with Crippen LogP contribution in [0.4, 0.5) is 5.69 Å². The van der Waals surface area contributed by atoms with E-state index in [9.17, 15) is 9.59 Å². The smallest absolute Gasteiger partial charge is 0.251 e. The molecule has 0 fully saturated rings. The van der Waals surface area contributed by atoms with Crippen molar-refractivity contribution in [2.24, 2.45) is 0 Å². The highest BCUT2D eigenvalue weighted by Gasteiger charge is 2.17. The third kappa shape index (κ3) is 4.09. The van der Waals surface area contributed by atoms with E-state index in [4.69, 9.17) is 14.2 Å². The lowest BCUT2D eigenvalue weighted by Gasteiger charge is -2.17. The molecule has 28 heavy (non-hydrogen) atoms. The maximum atomic E-state index is 12.3. The summed E-state index contributed by atoms with van der Waals surface area (Å²) in [7, 11) is 4.59. The van der Waals surface area contributed by atoms with Crippen molar-refractivity contribution in [3.05, 3.63) is 53.1 Å². The quantitative estimate of drug-likeness (QED) is 0.750. The Morgan fingerprint density at radius 1 is 1.07 bits per heavy atom. The van der Waals surface area contributed by atoms with Gasteiger partial charge in [-0.15, -0.1) is 0 Å². The fourth-order valence-corrected chi connectivity index (χ4v) is 3.04. The zero-order valence-electron chi connectivity index (χ0n) is 16.0. The number of carbonyl (C=O) groups excluding carboxylic acids is 2. The molecule has 2 aromatic carbocycles. The molecule has 0 spiro atoms. The number of anilines is 1. The Bertz CT molecular complexity index is 911. The van der Waals surface area contributed by atoms with Crippen molar-refractivity contribution in [3.63, 3.8) is 0 Å². The zero-order valence-corrected chi connectivity index (χ0v) is 16.0. The van der Waals surface area contributed by atoms with Crippen molar-refractivity contribution in [3.8, 4) is 17.2 Å². The second kappa shape index (κ2) is 8.47. The van der Waals surface area contributed by atoms with E-state index < -0.39 is 0 Å². The van der Waals surface area contributed by atoms with Gasteiger partial charge in [0.05, 0.1) is 21.3 Å². The number of fused-ring (bicyclic) bond motifs is 1. The molecule has 3 rings (SSSR count). The third-order valence-corrected chi connectivity index (χ3v) is 4.42. The second-order valence-corrected chi connectivity index (χ2v) is 6.16. The molecule has 2 aromatic rings. The molecule has 7 nitrogen and oxygen atoms in total. The first-order valence-electron chi connectivity index (χ1n) is 8.76. The summed E-state index contributed by atoms with van der Waals surface area (Å²) in [5.74, 6) is 1.05. The summed E-state index contributed by atoms with van der Waals surface area (Å²) in [4.78, 5) is 24.2. The number of benzene rings is 2. The van der Waals surface area contributed by atoms with Gasteiger partial charge in [0.2, 0.25) is 11.7 Å². The van der Waals surface area contributed by atoms with Gasteiger partial charge in [0.25, 0.3) is 5.91 Å². The minimum Gasteiger partial charge on any atom is -0.493 e. The standard InChI is InChI=1S/C21H22N2O5/c1-26-17-10-13(11-18(27-2)20(17)28-3)4-7-19(24)23-15-6-5-14-8-9-22-21(25)16(14)12-15/h4-7,10-12H,8-9H2,1-3H3,(H,22,25)(H,23,24). The van der Waals surface area contributed by atoms with E-state index >= 15 is 0 Å². The minimum atomic E-state index is -0.315. The molecule has 0 atom stereocenters. The average molecular weight is 382 g/mol. The Morgan fingerprint density at radius 2 is 1.79 bits per heavy atom. The van der Waals surface area contributed by atoms with Gasteiger partial charge in [0, 0.05) is 23.9 Å². The van der Waals surface area contributed by atoms with Gasteiger partial charge in [-0.3, -0.25) is 9.59 Å². The fourth-order valence-electron chi connectivity index (χ4n) is 3.04. The van der Waals surface area contributed by atoms with Crippen LogP contribution in [0.3, 0.4) is 0 Å². The van der Waals surface area contributed by atoms with Gasteiger partial charge in [-0.05, 0) is 47.9 Å². The molecule has 0 saturated heterocycles. The van der Waals surface area contributed by atoms with Gasteiger partial charge < -0.3 is 24.8 Å². The molecule has 146 valence electrons. The van der Waals surface area contributed by atoms with E-state index in [0.29, 0.717) is 35.0 Å². The lowest BCUT2D eigenvalue weighted by molar-refractivity contribution is -0.111. The highest BCUT2D eigenvalue weighted by Crippen LogP contribution is 2.38. The number of amides is 2. The van der Waals surface area contributed by atoms with Crippen LogP contribution in [-0.4, -0.2) is 39.7 Å². The summed E-state index contributed by atoms with van der Waals surface area (Å²) in [5, 5.41) is 5.57. The highest BCUT2D eigenvalue weighted by atomic mass is 16.5. The SMILES string of the molecule is COc1cc(C=CC(=O)Nc2ccc3c(c2)C(=O)NCC3)cc(OC)c1OC. The molecule has 1 heterocycles. The molecule has 0 aliphatic carbocycles. The van der Waals surface area contributed by atoms with Crippen LogP contribution in [0, 0.1) is 0 Å². The van der Waals surface area contributed by atoms with E-state index in [2.05, 4.69) is 10.6 Å². The fraction of sp³-hybridized carbons (Fsp3) is 0.238. The average Bonchev–Trinajstić information content (AvgIpc) is 2.72. The largest absolute Gasteiger partial charge is 0.493 e. The predicted molar refractivity (Wildman–Crippen MR) is 106 cm³/mol. The van der Waals surface area contributed by atoms with Crippen molar-refractivity contribution in [2.45, 2.75) is 6.42 Å². The van der Waals surface area contributed by atoms with E-state index in [1.807, 2.05) is 6.07 Å². The number of carbonyl (C=O) groups is 2. The Kier molecular flexibility index (Phi) is 5.84. The zero-order chi connectivity index (χ0) is 20.1. The summed E-state index contributed by atoms with van der Waals surface area (Å²) in [6.07, 6.45) is 3.83. The third-order valence-electron chi connectivity index (χ3n) is 4.42. The number of nitrogens with one attached hydrogen (secondary N) is 2. The Labute approximate surface area is 163 Å². The topological polar surface area (TPSA) is 85.9 Å². The second-order valence-electron chi connectivity index (χ2n) is 6.16. The van der Waals surface area contributed by atoms with Crippen molar-refractivity contribution in [1.29, 1.82) is 0 Å². The Morgan fingerprint density at radius 3 is 2.43 bits per heavy atom. The van der Waals surface area contributed by atoms with Crippen LogP contribution in [0.1, 0.15) is 21.5 Å². The van der Waals surface area contributed by atoms with E-state index in [1.165, 1.54) is 27.4 Å². The van der Waals surface area contributed by atoms with Crippen LogP contribution in [0.25, 0.3) is 6.08 Å². The summed E-state index contributed by atoms with van der Waals surface area (Å²) >= 11 is 0. The molecule has 2 amide bonds. The van der Waals surface area contributed by atoms with Gasteiger partial charge in [-0.2, -0.15) is 0 Å². The van der Waals surface area contributed by atoms with E-state index in [0.717, 1.165) is 17.5 Å². The first kappa shape index (κ1) is 19.3.